The molecule has 1 amide bonds. The summed E-state index contributed by atoms with van der Waals surface area (Å²) in [6.07, 6.45) is 5.21. The number of amides is 1. The van der Waals surface area contributed by atoms with Gasteiger partial charge in [-0.15, -0.1) is 10.2 Å². The van der Waals surface area contributed by atoms with Crippen LogP contribution in [0.5, 0.6) is 5.88 Å². The third-order valence-corrected chi connectivity index (χ3v) is 3.79. The highest BCUT2D eigenvalue weighted by atomic mass is 16.5. The molecule has 1 aliphatic carbocycles. The van der Waals surface area contributed by atoms with Gasteiger partial charge < -0.3 is 15.2 Å². The van der Waals surface area contributed by atoms with Crippen LogP contribution in [0.2, 0.25) is 0 Å². The highest BCUT2D eigenvalue weighted by molar-refractivity contribution is 5.92. The van der Waals surface area contributed by atoms with Crippen LogP contribution in [0.4, 0.5) is 0 Å². The topological polar surface area (TPSA) is 84.3 Å². The van der Waals surface area contributed by atoms with Crippen molar-refractivity contribution >= 4 is 5.91 Å². The van der Waals surface area contributed by atoms with Crippen LogP contribution in [0.3, 0.4) is 0 Å². The van der Waals surface area contributed by atoms with Crippen LogP contribution in [0, 0.1) is 5.92 Å². The number of rotatable bonds is 4. The first-order valence-electron chi connectivity index (χ1n) is 7.04. The fraction of sp³-hybridized carbons (Fsp3) is 0.643. The summed E-state index contributed by atoms with van der Waals surface area (Å²) in [6, 6.07) is 3.21. The molecule has 0 spiro atoms. The maximum atomic E-state index is 12.2. The number of carbonyl (C=O) groups excluding carboxylic acids is 1. The van der Waals surface area contributed by atoms with Crippen molar-refractivity contribution in [3.63, 3.8) is 0 Å². The quantitative estimate of drug-likeness (QED) is 0.808. The van der Waals surface area contributed by atoms with Gasteiger partial charge in [0, 0.05) is 24.6 Å². The predicted octanol–water partition coefficient (Wildman–Crippen LogP) is 1.16. The van der Waals surface area contributed by atoms with Gasteiger partial charge >= 0.3 is 0 Å². The minimum Gasteiger partial charge on any atom is -0.480 e. The zero-order chi connectivity index (χ0) is 14.4. The highest BCUT2D eigenvalue weighted by Crippen LogP contribution is 2.23. The van der Waals surface area contributed by atoms with Crippen molar-refractivity contribution in [3.05, 3.63) is 17.8 Å². The number of aliphatic hydroxyl groups excluding tert-OH is 1. The molecule has 0 unspecified atom stereocenters. The number of carbonyl (C=O) groups is 1. The SMILES string of the molecule is COc1ccc(C(=O)N[C@@H]2CCCCC[C@@H]2CO)nn1. The number of hydrogen-bond donors (Lipinski definition) is 2. The molecule has 1 aliphatic rings. The molecule has 2 N–H and O–H groups in total. The van der Waals surface area contributed by atoms with Crippen molar-refractivity contribution in [2.45, 2.75) is 38.1 Å². The summed E-state index contributed by atoms with van der Waals surface area (Å²) in [6.45, 7) is 0.110. The second kappa shape index (κ2) is 7.19. The number of ether oxygens (including phenoxy) is 1. The average Bonchev–Trinajstić information content (AvgIpc) is 2.72. The van der Waals surface area contributed by atoms with E-state index in [9.17, 15) is 9.90 Å². The van der Waals surface area contributed by atoms with E-state index in [0.29, 0.717) is 5.88 Å². The molecule has 2 rings (SSSR count). The van der Waals surface area contributed by atoms with Gasteiger partial charge in [-0.3, -0.25) is 4.79 Å². The van der Waals surface area contributed by atoms with E-state index in [4.69, 9.17) is 4.74 Å². The smallest absolute Gasteiger partial charge is 0.272 e. The predicted molar refractivity (Wildman–Crippen MR) is 73.5 cm³/mol. The molecule has 0 bridgehead atoms. The molecular formula is C14H21N3O3. The first-order chi connectivity index (χ1) is 9.74. The molecule has 1 fully saturated rings. The summed E-state index contributed by atoms with van der Waals surface area (Å²) in [7, 11) is 1.50. The van der Waals surface area contributed by atoms with Crippen LogP contribution < -0.4 is 10.1 Å². The Kier molecular flexibility index (Phi) is 5.29. The van der Waals surface area contributed by atoms with E-state index in [1.807, 2.05) is 0 Å². The molecule has 20 heavy (non-hydrogen) atoms. The van der Waals surface area contributed by atoms with Gasteiger partial charge in [0.05, 0.1) is 7.11 Å². The molecule has 6 heteroatoms. The standard InChI is InChI=1S/C14H21N3O3/c1-20-13-8-7-12(16-17-13)14(19)15-11-6-4-2-3-5-10(11)9-18/h7-8,10-11,18H,2-6,9H2,1H3,(H,15,19)/t10-,11-/m1/s1. The minimum absolute atomic E-state index is 0.0129. The molecule has 0 aromatic carbocycles. The lowest BCUT2D eigenvalue weighted by Crippen LogP contribution is -2.41. The summed E-state index contributed by atoms with van der Waals surface area (Å²) in [5, 5.41) is 20.0. The van der Waals surface area contributed by atoms with Gasteiger partial charge in [-0.2, -0.15) is 0 Å². The molecular weight excluding hydrogens is 258 g/mol. The maximum absolute atomic E-state index is 12.2. The summed E-state index contributed by atoms with van der Waals surface area (Å²) >= 11 is 0. The first kappa shape index (κ1) is 14.7. The summed E-state index contributed by atoms with van der Waals surface area (Å²) < 4.78 is 4.91. The number of aromatic nitrogens is 2. The molecule has 0 aliphatic heterocycles. The van der Waals surface area contributed by atoms with E-state index in [1.54, 1.807) is 12.1 Å². The number of nitrogens with zero attached hydrogens (tertiary/aromatic N) is 2. The Hall–Kier alpha value is -1.69. The van der Waals surface area contributed by atoms with Gasteiger partial charge in [-0.05, 0) is 18.9 Å². The molecule has 1 aromatic rings. The Morgan fingerprint density at radius 2 is 2.15 bits per heavy atom. The van der Waals surface area contributed by atoms with E-state index in [0.717, 1.165) is 32.1 Å². The van der Waals surface area contributed by atoms with Gasteiger partial charge in [0.2, 0.25) is 5.88 Å². The van der Waals surface area contributed by atoms with Crippen LogP contribution in [-0.4, -0.2) is 41.0 Å². The molecule has 0 saturated heterocycles. The molecule has 6 nitrogen and oxygen atoms in total. The normalized spacial score (nSPS) is 22.9. The van der Waals surface area contributed by atoms with Crippen LogP contribution in [0.1, 0.15) is 42.6 Å². The maximum Gasteiger partial charge on any atom is 0.272 e. The Balaban J connectivity index is 2.00. The van der Waals surface area contributed by atoms with E-state index in [1.165, 1.54) is 7.11 Å². The van der Waals surface area contributed by atoms with Gasteiger partial charge in [-0.1, -0.05) is 19.3 Å². The molecule has 2 atom stereocenters. The third kappa shape index (κ3) is 3.66. The monoisotopic (exact) mass is 279 g/mol. The minimum atomic E-state index is -0.245. The lowest BCUT2D eigenvalue weighted by Gasteiger charge is -2.24. The largest absolute Gasteiger partial charge is 0.480 e. The number of methoxy groups -OCH3 is 1. The van der Waals surface area contributed by atoms with Gasteiger partial charge in [0.25, 0.3) is 5.91 Å². The Morgan fingerprint density at radius 1 is 1.35 bits per heavy atom. The van der Waals surface area contributed by atoms with E-state index < -0.39 is 0 Å². The van der Waals surface area contributed by atoms with E-state index >= 15 is 0 Å². The summed E-state index contributed by atoms with van der Waals surface area (Å²) in [4.78, 5) is 12.2. The Bertz CT molecular complexity index is 436. The number of aliphatic hydroxyl groups is 1. The number of hydrogen-bond acceptors (Lipinski definition) is 5. The van der Waals surface area contributed by atoms with E-state index in [-0.39, 0.29) is 30.2 Å². The molecule has 110 valence electrons. The van der Waals surface area contributed by atoms with Gasteiger partial charge in [0.15, 0.2) is 5.69 Å². The van der Waals surface area contributed by atoms with Crippen LogP contribution in [-0.2, 0) is 0 Å². The van der Waals surface area contributed by atoms with Crippen LogP contribution in [0.15, 0.2) is 12.1 Å². The molecule has 1 heterocycles. The van der Waals surface area contributed by atoms with Crippen molar-refractivity contribution in [1.82, 2.24) is 15.5 Å². The first-order valence-corrected chi connectivity index (χ1v) is 7.04. The van der Waals surface area contributed by atoms with Crippen LogP contribution in [0.25, 0.3) is 0 Å². The lowest BCUT2D eigenvalue weighted by molar-refractivity contribution is 0.0893. The van der Waals surface area contributed by atoms with Crippen molar-refractivity contribution in [2.24, 2.45) is 5.92 Å². The van der Waals surface area contributed by atoms with E-state index in [2.05, 4.69) is 15.5 Å². The zero-order valence-corrected chi connectivity index (χ0v) is 11.7. The summed E-state index contributed by atoms with van der Waals surface area (Å²) in [5.41, 5.74) is 0.270. The second-order valence-electron chi connectivity index (χ2n) is 5.12. The molecule has 1 saturated carbocycles. The average molecular weight is 279 g/mol. The molecule has 0 radical (unpaired) electrons. The fourth-order valence-corrected chi connectivity index (χ4v) is 2.59. The fourth-order valence-electron chi connectivity index (χ4n) is 2.59. The lowest BCUT2D eigenvalue weighted by atomic mass is 9.95. The van der Waals surface area contributed by atoms with Gasteiger partial charge in [0.1, 0.15) is 0 Å². The van der Waals surface area contributed by atoms with Crippen molar-refractivity contribution < 1.29 is 14.6 Å². The second-order valence-corrected chi connectivity index (χ2v) is 5.12. The zero-order valence-electron chi connectivity index (χ0n) is 11.7. The highest BCUT2D eigenvalue weighted by Gasteiger charge is 2.25. The number of nitrogens with one attached hydrogen (secondary N) is 1. The Labute approximate surface area is 118 Å². The third-order valence-electron chi connectivity index (χ3n) is 3.79. The van der Waals surface area contributed by atoms with Crippen LogP contribution >= 0.6 is 0 Å². The molecule has 1 aromatic heterocycles. The summed E-state index contributed by atoms with van der Waals surface area (Å²) in [5.74, 6) is 0.266. The van der Waals surface area contributed by atoms with Gasteiger partial charge in [-0.25, -0.2) is 0 Å². The van der Waals surface area contributed by atoms with Crippen molar-refractivity contribution in [3.8, 4) is 5.88 Å². The van der Waals surface area contributed by atoms with Crippen molar-refractivity contribution in [1.29, 1.82) is 0 Å². The Morgan fingerprint density at radius 3 is 2.80 bits per heavy atom. The van der Waals surface area contributed by atoms with Crippen molar-refractivity contribution in [2.75, 3.05) is 13.7 Å².